The number of hydrogen-bond acceptors (Lipinski definition) is 5. The smallest absolute Gasteiger partial charge is 0.261 e. The van der Waals surface area contributed by atoms with E-state index in [-0.39, 0.29) is 12.4 Å². The van der Waals surface area contributed by atoms with Gasteiger partial charge in [-0.3, -0.25) is 0 Å². The van der Waals surface area contributed by atoms with Gasteiger partial charge in [0.05, 0.1) is 17.4 Å². The standard InChI is InChI=1S/C12H10N4O2/c17-8-11-14-12(18-15-11)9-6-13-16(7-9)10-4-2-1-3-5-10/h1-7,17H,8H2. The van der Waals surface area contributed by atoms with Crippen molar-refractivity contribution in [2.24, 2.45) is 0 Å². The molecule has 0 radical (unpaired) electrons. The Morgan fingerprint density at radius 1 is 1.22 bits per heavy atom. The van der Waals surface area contributed by atoms with E-state index >= 15 is 0 Å². The molecule has 0 atom stereocenters. The number of nitrogens with zero attached hydrogens (tertiary/aromatic N) is 4. The number of aromatic nitrogens is 4. The van der Waals surface area contributed by atoms with Gasteiger partial charge in [-0.05, 0) is 12.1 Å². The number of aliphatic hydroxyl groups excluding tert-OH is 1. The summed E-state index contributed by atoms with van der Waals surface area (Å²) in [6, 6.07) is 9.72. The lowest BCUT2D eigenvalue weighted by molar-refractivity contribution is 0.264. The molecule has 6 nitrogen and oxygen atoms in total. The third-order valence-corrected chi connectivity index (χ3v) is 2.46. The maximum Gasteiger partial charge on any atom is 0.261 e. The minimum atomic E-state index is -0.240. The second kappa shape index (κ2) is 4.42. The van der Waals surface area contributed by atoms with Crippen LogP contribution in [0.5, 0.6) is 0 Å². The van der Waals surface area contributed by atoms with Crippen molar-refractivity contribution in [3.05, 3.63) is 48.5 Å². The molecule has 1 aromatic carbocycles. The second-order valence-corrected chi connectivity index (χ2v) is 3.68. The van der Waals surface area contributed by atoms with Gasteiger partial charge < -0.3 is 9.63 Å². The van der Waals surface area contributed by atoms with Crippen LogP contribution in [0.15, 0.2) is 47.2 Å². The Hall–Kier alpha value is -2.47. The van der Waals surface area contributed by atoms with E-state index in [4.69, 9.17) is 9.63 Å². The molecular formula is C12H10N4O2. The summed E-state index contributed by atoms with van der Waals surface area (Å²) in [4.78, 5) is 4.02. The van der Waals surface area contributed by atoms with Crippen LogP contribution in [0.25, 0.3) is 17.1 Å². The predicted molar refractivity (Wildman–Crippen MR) is 62.8 cm³/mol. The lowest BCUT2D eigenvalue weighted by Gasteiger charge is -1.98. The largest absolute Gasteiger partial charge is 0.388 e. The van der Waals surface area contributed by atoms with Crippen LogP contribution in [-0.2, 0) is 6.61 Å². The Bertz CT molecular complexity index is 645. The third-order valence-electron chi connectivity index (χ3n) is 2.46. The van der Waals surface area contributed by atoms with Crippen LogP contribution < -0.4 is 0 Å². The van der Waals surface area contributed by atoms with Crippen LogP contribution in [0, 0.1) is 0 Å². The van der Waals surface area contributed by atoms with Gasteiger partial charge in [-0.25, -0.2) is 4.68 Å². The highest BCUT2D eigenvalue weighted by molar-refractivity contribution is 5.51. The summed E-state index contributed by atoms with van der Waals surface area (Å²) in [6.07, 6.45) is 3.44. The Labute approximate surface area is 102 Å². The predicted octanol–water partition coefficient (Wildman–Crippen LogP) is 1.41. The lowest BCUT2D eigenvalue weighted by atomic mass is 10.3. The van der Waals surface area contributed by atoms with Gasteiger partial charge in [0.2, 0.25) is 0 Å². The molecule has 0 saturated heterocycles. The highest BCUT2D eigenvalue weighted by Crippen LogP contribution is 2.18. The van der Waals surface area contributed by atoms with Gasteiger partial charge in [0, 0.05) is 6.20 Å². The average molecular weight is 242 g/mol. The topological polar surface area (TPSA) is 77.0 Å². The number of para-hydroxylation sites is 1. The van der Waals surface area contributed by atoms with E-state index in [9.17, 15) is 0 Å². The first-order valence-electron chi connectivity index (χ1n) is 5.41. The van der Waals surface area contributed by atoms with Crippen LogP contribution in [0.3, 0.4) is 0 Å². The summed E-state index contributed by atoms with van der Waals surface area (Å²) in [5.41, 5.74) is 1.66. The number of aliphatic hydroxyl groups is 1. The quantitative estimate of drug-likeness (QED) is 0.751. The number of rotatable bonds is 3. The molecule has 18 heavy (non-hydrogen) atoms. The van der Waals surface area contributed by atoms with Gasteiger partial charge in [0.1, 0.15) is 6.61 Å². The van der Waals surface area contributed by atoms with Gasteiger partial charge in [-0.15, -0.1) is 0 Å². The molecule has 0 spiro atoms. The van der Waals surface area contributed by atoms with E-state index < -0.39 is 0 Å². The summed E-state index contributed by atoms with van der Waals surface area (Å²) in [5, 5.41) is 16.7. The van der Waals surface area contributed by atoms with Crippen molar-refractivity contribution in [1.82, 2.24) is 19.9 Å². The zero-order valence-corrected chi connectivity index (χ0v) is 9.39. The van der Waals surface area contributed by atoms with Crippen molar-refractivity contribution in [3.8, 4) is 17.1 Å². The van der Waals surface area contributed by atoms with E-state index in [2.05, 4.69) is 15.2 Å². The van der Waals surface area contributed by atoms with Gasteiger partial charge >= 0.3 is 0 Å². The molecule has 1 N–H and O–H groups in total. The summed E-state index contributed by atoms with van der Waals surface area (Å²) in [6.45, 7) is -0.240. The maximum absolute atomic E-state index is 8.88. The minimum Gasteiger partial charge on any atom is -0.388 e. The molecule has 0 saturated carbocycles. The van der Waals surface area contributed by atoms with Crippen molar-refractivity contribution in [3.63, 3.8) is 0 Å². The van der Waals surface area contributed by atoms with Gasteiger partial charge in [0.25, 0.3) is 5.89 Å². The first-order chi connectivity index (χ1) is 8.86. The summed E-state index contributed by atoms with van der Waals surface area (Å²) >= 11 is 0. The van der Waals surface area contributed by atoms with E-state index in [1.54, 1.807) is 17.1 Å². The Morgan fingerprint density at radius 3 is 2.78 bits per heavy atom. The molecule has 2 heterocycles. The van der Waals surface area contributed by atoms with Gasteiger partial charge in [-0.2, -0.15) is 10.1 Å². The second-order valence-electron chi connectivity index (χ2n) is 3.68. The minimum absolute atomic E-state index is 0.240. The summed E-state index contributed by atoms with van der Waals surface area (Å²) in [5.74, 6) is 0.610. The molecule has 0 fully saturated rings. The van der Waals surface area contributed by atoms with E-state index in [1.165, 1.54) is 0 Å². The highest BCUT2D eigenvalue weighted by atomic mass is 16.5. The van der Waals surface area contributed by atoms with Crippen molar-refractivity contribution in [2.75, 3.05) is 0 Å². The van der Waals surface area contributed by atoms with Crippen molar-refractivity contribution < 1.29 is 9.63 Å². The van der Waals surface area contributed by atoms with E-state index in [0.29, 0.717) is 11.5 Å². The van der Waals surface area contributed by atoms with E-state index in [0.717, 1.165) is 5.69 Å². The normalized spacial score (nSPS) is 10.7. The molecule has 0 aliphatic carbocycles. The molecule has 0 aliphatic heterocycles. The zero-order chi connectivity index (χ0) is 12.4. The van der Waals surface area contributed by atoms with Crippen LogP contribution >= 0.6 is 0 Å². The van der Waals surface area contributed by atoms with Crippen LogP contribution in [-0.4, -0.2) is 25.0 Å². The third kappa shape index (κ3) is 1.89. The first kappa shape index (κ1) is 10.7. The van der Waals surface area contributed by atoms with E-state index in [1.807, 2.05) is 30.3 Å². The summed E-state index contributed by atoms with van der Waals surface area (Å²) in [7, 11) is 0. The molecule has 0 bridgehead atoms. The van der Waals surface area contributed by atoms with Gasteiger partial charge in [-0.1, -0.05) is 23.4 Å². The fourth-order valence-electron chi connectivity index (χ4n) is 1.59. The Balaban J connectivity index is 1.94. The molecule has 6 heteroatoms. The first-order valence-corrected chi connectivity index (χ1v) is 5.41. The molecule has 0 amide bonds. The fraction of sp³-hybridized carbons (Fsp3) is 0.0833. The fourth-order valence-corrected chi connectivity index (χ4v) is 1.59. The molecule has 90 valence electrons. The molecule has 0 aliphatic rings. The molecule has 0 unspecified atom stereocenters. The average Bonchev–Trinajstić information content (AvgIpc) is 3.08. The van der Waals surface area contributed by atoms with Crippen LogP contribution in [0.4, 0.5) is 0 Å². The van der Waals surface area contributed by atoms with Crippen molar-refractivity contribution in [2.45, 2.75) is 6.61 Å². The summed E-state index contributed by atoms with van der Waals surface area (Å²) < 4.78 is 6.74. The highest BCUT2D eigenvalue weighted by Gasteiger charge is 2.10. The maximum atomic E-state index is 8.88. The van der Waals surface area contributed by atoms with Crippen molar-refractivity contribution in [1.29, 1.82) is 0 Å². The zero-order valence-electron chi connectivity index (χ0n) is 9.39. The van der Waals surface area contributed by atoms with Gasteiger partial charge in [0.15, 0.2) is 5.82 Å². The molecule has 3 rings (SSSR count). The Morgan fingerprint density at radius 2 is 2.06 bits per heavy atom. The number of benzene rings is 1. The monoisotopic (exact) mass is 242 g/mol. The van der Waals surface area contributed by atoms with Crippen LogP contribution in [0.1, 0.15) is 5.82 Å². The molecule has 2 aromatic heterocycles. The molecular weight excluding hydrogens is 232 g/mol. The lowest BCUT2D eigenvalue weighted by Crippen LogP contribution is -1.92. The molecule has 3 aromatic rings. The Kier molecular flexibility index (Phi) is 2.62. The SMILES string of the molecule is OCc1noc(-c2cnn(-c3ccccc3)c2)n1. The van der Waals surface area contributed by atoms with Crippen LogP contribution in [0.2, 0.25) is 0 Å². The van der Waals surface area contributed by atoms with Crippen molar-refractivity contribution >= 4 is 0 Å². The number of hydrogen-bond donors (Lipinski definition) is 1.